The van der Waals surface area contributed by atoms with Gasteiger partial charge in [-0.3, -0.25) is 4.57 Å². The summed E-state index contributed by atoms with van der Waals surface area (Å²) in [5.74, 6) is 0.840. The molecule has 0 amide bonds. The highest BCUT2D eigenvalue weighted by Crippen LogP contribution is 2.12. The molecule has 0 aliphatic heterocycles. The van der Waals surface area contributed by atoms with Gasteiger partial charge in [0.1, 0.15) is 21.4 Å². The summed E-state index contributed by atoms with van der Waals surface area (Å²) in [7, 11) is 0. The average Bonchev–Trinajstić information content (AvgIpc) is 2.52. The van der Waals surface area contributed by atoms with Crippen molar-refractivity contribution in [2.24, 2.45) is 0 Å². The zero-order valence-electron chi connectivity index (χ0n) is 6.48. The molecule has 0 fully saturated rings. The van der Waals surface area contributed by atoms with E-state index in [1.54, 1.807) is 6.33 Å². The van der Waals surface area contributed by atoms with E-state index in [2.05, 4.69) is 41.8 Å². The summed E-state index contributed by atoms with van der Waals surface area (Å²) in [5, 5.41) is 0. The van der Waals surface area contributed by atoms with Crippen LogP contribution < -0.4 is 0 Å². The number of pyridine rings is 1. The Hall–Kier alpha value is -0.680. The minimum absolute atomic E-state index is 0.800. The Balaban J connectivity index is 2.46. The van der Waals surface area contributed by atoms with Crippen molar-refractivity contribution in [1.29, 1.82) is 0 Å². The zero-order valence-corrected chi connectivity index (χ0v) is 9.66. The fourth-order valence-corrected chi connectivity index (χ4v) is 1.61. The summed E-state index contributed by atoms with van der Waals surface area (Å²) >= 11 is 6.59. The third kappa shape index (κ3) is 1.97. The largest absolute Gasteiger partial charge is 0.289 e. The lowest BCUT2D eigenvalue weighted by atomic mass is 10.5. The summed E-state index contributed by atoms with van der Waals surface area (Å²) in [6.07, 6.45) is 3.56. The smallest absolute Gasteiger partial charge is 0.139 e. The van der Waals surface area contributed by atoms with Crippen LogP contribution in [-0.4, -0.2) is 14.5 Å². The molecule has 2 aromatic rings. The molecule has 0 radical (unpaired) electrons. The van der Waals surface area contributed by atoms with E-state index in [0.717, 1.165) is 15.0 Å². The lowest BCUT2D eigenvalue weighted by Crippen LogP contribution is -1.93. The topological polar surface area (TPSA) is 30.7 Å². The van der Waals surface area contributed by atoms with E-state index < -0.39 is 0 Å². The molecule has 0 unspecified atom stereocenters. The number of nitrogens with zero attached hydrogens (tertiary/aromatic N) is 3. The van der Waals surface area contributed by atoms with Gasteiger partial charge in [-0.05, 0) is 44.0 Å². The molecule has 0 aliphatic carbocycles. The van der Waals surface area contributed by atoms with E-state index in [1.807, 2.05) is 29.0 Å². The van der Waals surface area contributed by atoms with Crippen LogP contribution in [0.25, 0.3) is 5.82 Å². The van der Waals surface area contributed by atoms with E-state index in [0.29, 0.717) is 0 Å². The molecule has 0 aromatic carbocycles. The molecule has 0 saturated heterocycles. The molecular formula is C8H5Br2N3. The quantitative estimate of drug-likeness (QED) is 0.759. The Morgan fingerprint density at radius 1 is 1.15 bits per heavy atom. The van der Waals surface area contributed by atoms with Gasteiger partial charge in [0.25, 0.3) is 0 Å². The van der Waals surface area contributed by atoms with Gasteiger partial charge in [0, 0.05) is 6.20 Å². The zero-order chi connectivity index (χ0) is 9.26. The van der Waals surface area contributed by atoms with E-state index in [-0.39, 0.29) is 0 Å². The van der Waals surface area contributed by atoms with Gasteiger partial charge in [-0.25, -0.2) is 9.97 Å². The van der Waals surface area contributed by atoms with Gasteiger partial charge in [-0.1, -0.05) is 6.07 Å². The van der Waals surface area contributed by atoms with Gasteiger partial charge >= 0.3 is 0 Å². The van der Waals surface area contributed by atoms with Gasteiger partial charge < -0.3 is 0 Å². The van der Waals surface area contributed by atoms with E-state index in [1.165, 1.54) is 0 Å². The summed E-state index contributed by atoms with van der Waals surface area (Å²) in [6.45, 7) is 0. The highest BCUT2D eigenvalue weighted by Gasteiger charge is 1.99. The van der Waals surface area contributed by atoms with Crippen LogP contribution in [0.15, 0.2) is 39.9 Å². The third-order valence-corrected chi connectivity index (χ3v) is 2.37. The second kappa shape index (κ2) is 3.59. The second-order valence-electron chi connectivity index (χ2n) is 2.42. The number of halogens is 2. The van der Waals surface area contributed by atoms with Crippen LogP contribution in [0.1, 0.15) is 0 Å². The van der Waals surface area contributed by atoms with Crippen LogP contribution in [0.4, 0.5) is 0 Å². The Bertz CT molecular complexity index is 425. The van der Waals surface area contributed by atoms with Crippen molar-refractivity contribution in [1.82, 2.24) is 14.5 Å². The second-order valence-corrected chi connectivity index (χ2v) is 4.05. The van der Waals surface area contributed by atoms with Crippen LogP contribution in [0.3, 0.4) is 0 Å². The van der Waals surface area contributed by atoms with Gasteiger partial charge in [0.05, 0.1) is 0 Å². The molecule has 2 rings (SSSR count). The van der Waals surface area contributed by atoms with Crippen molar-refractivity contribution < 1.29 is 0 Å². The maximum Gasteiger partial charge on any atom is 0.139 e. The SMILES string of the molecule is Brc1cn(-c2cccc(Br)n2)cn1. The van der Waals surface area contributed by atoms with Crippen molar-refractivity contribution in [2.45, 2.75) is 0 Å². The molecule has 2 heterocycles. The van der Waals surface area contributed by atoms with Gasteiger partial charge in [-0.15, -0.1) is 0 Å². The molecule has 0 bridgehead atoms. The number of rotatable bonds is 1. The molecule has 66 valence electrons. The minimum atomic E-state index is 0.800. The fourth-order valence-electron chi connectivity index (χ4n) is 0.965. The predicted molar refractivity (Wildman–Crippen MR) is 56.8 cm³/mol. The maximum atomic E-state index is 4.28. The van der Waals surface area contributed by atoms with Crippen LogP contribution in [0, 0.1) is 0 Å². The van der Waals surface area contributed by atoms with Crippen molar-refractivity contribution in [3.8, 4) is 5.82 Å². The number of imidazole rings is 1. The number of hydrogen-bond donors (Lipinski definition) is 0. The first-order chi connectivity index (χ1) is 6.25. The molecule has 5 heteroatoms. The van der Waals surface area contributed by atoms with Crippen molar-refractivity contribution >= 4 is 31.9 Å². The number of hydrogen-bond acceptors (Lipinski definition) is 2. The molecule has 0 spiro atoms. The van der Waals surface area contributed by atoms with Crippen LogP contribution in [0.5, 0.6) is 0 Å². The predicted octanol–water partition coefficient (Wildman–Crippen LogP) is 2.79. The van der Waals surface area contributed by atoms with Gasteiger partial charge in [-0.2, -0.15) is 0 Å². The standard InChI is InChI=1S/C8H5Br2N3/c9-6-2-1-3-8(12-6)13-4-7(10)11-5-13/h1-5H. The fraction of sp³-hybridized carbons (Fsp3) is 0. The van der Waals surface area contributed by atoms with Crippen molar-refractivity contribution in [3.63, 3.8) is 0 Å². The lowest BCUT2D eigenvalue weighted by Gasteiger charge is -1.99. The molecule has 2 aromatic heterocycles. The molecule has 13 heavy (non-hydrogen) atoms. The average molecular weight is 303 g/mol. The highest BCUT2D eigenvalue weighted by molar-refractivity contribution is 9.10. The number of aromatic nitrogens is 3. The Morgan fingerprint density at radius 3 is 2.62 bits per heavy atom. The van der Waals surface area contributed by atoms with Gasteiger partial charge in [0.2, 0.25) is 0 Å². The highest BCUT2D eigenvalue weighted by atomic mass is 79.9. The molecule has 0 atom stereocenters. The van der Waals surface area contributed by atoms with E-state index in [9.17, 15) is 0 Å². The van der Waals surface area contributed by atoms with Crippen LogP contribution >= 0.6 is 31.9 Å². The Labute approximate surface area is 92.1 Å². The molecule has 0 N–H and O–H groups in total. The first-order valence-corrected chi connectivity index (χ1v) is 5.17. The molecule has 3 nitrogen and oxygen atoms in total. The third-order valence-electron chi connectivity index (χ3n) is 1.52. The summed E-state index contributed by atoms with van der Waals surface area (Å²) < 4.78 is 3.46. The monoisotopic (exact) mass is 301 g/mol. The normalized spacial score (nSPS) is 10.3. The first-order valence-electron chi connectivity index (χ1n) is 3.58. The summed E-state index contributed by atoms with van der Waals surface area (Å²) in [5.41, 5.74) is 0. The summed E-state index contributed by atoms with van der Waals surface area (Å²) in [4.78, 5) is 8.32. The summed E-state index contributed by atoms with van der Waals surface area (Å²) in [6, 6.07) is 5.73. The first kappa shape index (κ1) is 8.90. The van der Waals surface area contributed by atoms with Gasteiger partial charge in [0.15, 0.2) is 0 Å². The molecular weight excluding hydrogens is 298 g/mol. The van der Waals surface area contributed by atoms with Crippen LogP contribution in [-0.2, 0) is 0 Å². The minimum Gasteiger partial charge on any atom is -0.289 e. The van der Waals surface area contributed by atoms with E-state index in [4.69, 9.17) is 0 Å². The van der Waals surface area contributed by atoms with Crippen LogP contribution in [0.2, 0.25) is 0 Å². The Kier molecular flexibility index (Phi) is 2.46. The Morgan fingerprint density at radius 2 is 2.00 bits per heavy atom. The van der Waals surface area contributed by atoms with Crippen molar-refractivity contribution in [3.05, 3.63) is 39.9 Å². The molecule has 0 saturated carbocycles. The van der Waals surface area contributed by atoms with E-state index >= 15 is 0 Å². The maximum absolute atomic E-state index is 4.28. The van der Waals surface area contributed by atoms with Crippen molar-refractivity contribution in [2.75, 3.05) is 0 Å². The molecule has 0 aliphatic rings. The lowest BCUT2D eigenvalue weighted by molar-refractivity contribution is 0.984.